The van der Waals surface area contributed by atoms with E-state index in [1.54, 1.807) is 11.9 Å². The van der Waals surface area contributed by atoms with E-state index in [9.17, 15) is 4.79 Å². The number of ether oxygens (including phenoxy) is 1. The van der Waals surface area contributed by atoms with Crippen LogP contribution in [0.4, 0.5) is 0 Å². The summed E-state index contributed by atoms with van der Waals surface area (Å²) in [5.41, 5.74) is 7.67. The highest BCUT2D eigenvalue weighted by molar-refractivity contribution is 5.77. The van der Waals surface area contributed by atoms with Crippen LogP contribution in [0.5, 0.6) is 5.75 Å². The maximum absolute atomic E-state index is 12.0. The summed E-state index contributed by atoms with van der Waals surface area (Å²) < 4.78 is 5.49. The van der Waals surface area contributed by atoms with Crippen LogP contribution in [0.2, 0.25) is 0 Å². The van der Waals surface area contributed by atoms with Gasteiger partial charge in [-0.25, -0.2) is 0 Å². The van der Waals surface area contributed by atoms with Crippen LogP contribution in [0.15, 0.2) is 54.6 Å². The monoisotopic (exact) mass is 284 g/mol. The van der Waals surface area contributed by atoms with Crippen LogP contribution < -0.4 is 10.5 Å². The van der Waals surface area contributed by atoms with Crippen LogP contribution in [-0.4, -0.2) is 24.5 Å². The zero-order valence-corrected chi connectivity index (χ0v) is 12.2. The molecule has 4 heteroatoms. The molecular weight excluding hydrogens is 264 g/mol. The molecule has 0 aromatic heterocycles. The van der Waals surface area contributed by atoms with E-state index in [0.717, 1.165) is 11.1 Å². The van der Waals surface area contributed by atoms with Crippen molar-refractivity contribution in [2.24, 2.45) is 5.73 Å². The number of amides is 1. The maximum Gasteiger partial charge on any atom is 0.260 e. The van der Waals surface area contributed by atoms with Crippen LogP contribution >= 0.6 is 0 Å². The van der Waals surface area contributed by atoms with Crippen LogP contribution in [0.1, 0.15) is 11.1 Å². The highest BCUT2D eigenvalue weighted by Gasteiger charge is 2.10. The predicted molar refractivity (Wildman–Crippen MR) is 82.7 cm³/mol. The van der Waals surface area contributed by atoms with Crippen LogP contribution in [0.3, 0.4) is 0 Å². The third kappa shape index (κ3) is 4.61. The van der Waals surface area contributed by atoms with Crippen molar-refractivity contribution in [3.05, 3.63) is 65.7 Å². The minimum absolute atomic E-state index is 0.0330. The van der Waals surface area contributed by atoms with Gasteiger partial charge in [0.2, 0.25) is 0 Å². The lowest BCUT2D eigenvalue weighted by Gasteiger charge is -2.17. The summed E-state index contributed by atoms with van der Waals surface area (Å²) in [4.78, 5) is 13.7. The Morgan fingerprint density at radius 2 is 1.71 bits per heavy atom. The first-order valence-electron chi connectivity index (χ1n) is 6.88. The Kier molecular flexibility index (Phi) is 5.35. The van der Waals surface area contributed by atoms with Crippen LogP contribution in [-0.2, 0) is 17.9 Å². The molecule has 21 heavy (non-hydrogen) atoms. The minimum Gasteiger partial charge on any atom is -0.484 e. The van der Waals surface area contributed by atoms with Gasteiger partial charge in [-0.05, 0) is 23.3 Å². The first-order chi connectivity index (χ1) is 10.2. The van der Waals surface area contributed by atoms with Gasteiger partial charge in [0, 0.05) is 20.1 Å². The Hall–Kier alpha value is -2.33. The Morgan fingerprint density at radius 3 is 2.33 bits per heavy atom. The van der Waals surface area contributed by atoms with E-state index in [1.165, 1.54) is 0 Å². The fourth-order valence-electron chi connectivity index (χ4n) is 1.92. The normalized spacial score (nSPS) is 10.2. The first kappa shape index (κ1) is 15.1. The fraction of sp³-hybridized carbons (Fsp3) is 0.235. The average molecular weight is 284 g/mol. The third-order valence-electron chi connectivity index (χ3n) is 3.21. The molecule has 0 aliphatic heterocycles. The van der Waals surface area contributed by atoms with Crippen molar-refractivity contribution in [2.45, 2.75) is 13.1 Å². The molecular formula is C17H20N2O2. The number of carbonyl (C=O) groups is 1. The molecule has 110 valence electrons. The largest absolute Gasteiger partial charge is 0.484 e. The summed E-state index contributed by atoms with van der Waals surface area (Å²) in [6.07, 6.45) is 0. The SMILES string of the molecule is CN(Cc1ccccc1)C(=O)COc1ccc(CN)cc1. The molecule has 0 heterocycles. The van der Waals surface area contributed by atoms with Crippen LogP contribution in [0.25, 0.3) is 0 Å². The number of hydrogen-bond donors (Lipinski definition) is 1. The highest BCUT2D eigenvalue weighted by atomic mass is 16.5. The summed E-state index contributed by atoms with van der Waals surface area (Å²) in [7, 11) is 1.77. The predicted octanol–water partition coefficient (Wildman–Crippen LogP) is 2.18. The average Bonchev–Trinajstić information content (AvgIpc) is 2.54. The van der Waals surface area contributed by atoms with Gasteiger partial charge >= 0.3 is 0 Å². The molecule has 2 N–H and O–H groups in total. The second-order valence-electron chi connectivity index (χ2n) is 4.87. The fourth-order valence-corrected chi connectivity index (χ4v) is 1.92. The number of nitrogens with two attached hydrogens (primary N) is 1. The number of benzene rings is 2. The van der Waals surface area contributed by atoms with E-state index < -0.39 is 0 Å². The molecule has 0 spiro atoms. The van der Waals surface area contributed by atoms with Crippen molar-refractivity contribution >= 4 is 5.91 Å². The molecule has 4 nitrogen and oxygen atoms in total. The zero-order valence-electron chi connectivity index (χ0n) is 12.2. The number of likely N-dealkylation sites (N-methyl/N-ethyl adjacent to an activating group) is 1. The smallest absolute Gasteiger partial charge is 0.260 e. The highest BCUT2D eigenvalue weighted by Crippen LogP contribution is 2.12. The molecule has 0 radical (unpaired) electrons. The van der Waals surface area contributed by atoms with Gasteiger partial charge in [-0.2, -0.15) is 0 Å². The Bertz CT molecular complexity index is 567. The van der Waals surface area contributed by atoms with Gasteiger partial charge in [0.25, 0.3) is 5.91 Å². The van der Waals surface area contributed by atoms with Crippen molar-refractivity contribution in [2.75, 3.05) is 13.7 Å². The third-order valence-corrected chi connectivity index (χ3v) is 3.21. The second-order valence-corrected chi connectivity index (χ2v) is 4.87. The van der Waals surface area contributed by atoms with Crippen molar-refractivity contribution in [1.29, 1.82) is 0 Å². The second kappa shape index (κ2) is 7.45. The molecule has 0 atom stereocenters. The molecule has 0 saturated carbocycles. The lowest BCUT2D eigenvalue weighted by Crippen LogP contribution is -2.30. The maximum atomic E-state index is 12.0. The Morgan fingerprint density at radius 1 is 1.05 bits per heavy atom. The van der Waals surface area contributed by atoms with E-state index in [1.807, 2.05) is 54.6 Å². The molecule has 2 aromatic carbocycles. The first-order valence-corrected chi connectivity index (χ1v) is 6.88. The number of carbonyl (C=O) groups excluding carboxylic acids is 1. The van der Waals surface area contributed by atoms with Gasteiger partial charge in [0.15, 0.2) is 6.61 Å². The van der Waals surface area contributed by atoms with Gasteiger partial charge in [-0.15, -0.1) is 0 Å². The van der Waals surface area contributed by atoms with E-state index >= 15 is 0 Å². The van der Waals surface area contributed by atoms with Crippen molar-refractivity contribution in [3.63, 3.8) is 0 Å². The molecule has 0 aliphatic carbocycles. The number of rotatable bonds is 6. The topological polar surface area (TPSA) is 55.6 Å². The molecule has 0 bridgehead atoms. The number of nitrogens with zero attached hydrogens (tertiary/aromatic N) is 1. The zero-order chi connectivity index (χ0) is 15.1. The lowest BCUT2D eigenvalue weighted by atomic mass is 10.2. The van der Waals surface area contributed by atoms with E-state index in [0.29, 0.717) is 18.8 Å². The summed E-state index contributed by atoms with van der Waals surface area (Å²) in [5, 5.41) is 0. The van der Waals surface area contributed by atoms with E-state index in [4.69, 9.17) is 10.5 Å². The molecule has 2 rings (SSSR count). The lowest BCUT2D eigenvalue weighted by molar-refractivity contribution is -0.132. The van der Waals surface area contributed by atoms with Crippen molar-refractivity contribution < 1.29 is 9.53 Å². The van der Waals surface area contributed by atoms with E-state index in [-0.39, 0.29) is 12.5 Å². The molecule has 0 unspecified atom stereocenters. The Labute approximate surface area is 125 Å². The summed E-state index contributed by atoms with van der Waals surface area (Å²) in [6.45, 7) is 1.11. The van der Waals surface area contributed by atoms with Crippen molar-refractivity contribution in [3.8, 4) is 5.75 Å². The quantitative estimate of drug-likeness (QED) is 0.884. The van der Waals surface area contributed by atoms with Gasteiger partial charge in [-0.3, -0.25) is 4.79 Å². The summed E-state index contributed by atoms with van der Waals surface area (Å²) in [5.74, 6) is 0.621. The number of hydrogen-bond acceptors (Lipinski definition) is 3. The van der Waals surface area contributed by atoms with Gasteiger partial charge in [0.1, 0.15) is 5.75 Å². The molecule has 0 aliphatic rings. The van der Waals surface area contributed by atoms with Crippen molar-refractivity contribution in [1.82, 2.24) is 4.90 Å². The summed E-state index contributed by atoms with van der Waals surface area (Å²) in [6, 6.07) is 17.3. The molecule has 0 fully saturated rings. The van der Waals surface area contributed by atoms with Gasteiger partial charge < -0.3 is 15.4 Å². The van der Waals surface area contributed by atoms with E-state index in [2.05, 4.69) is 0 Å². The van der Waals surface area contributed by atoms with Gasteiger partial charge in [-0.1, -0.05) is 42.5 Å². The van der Waals surface area contributed by atoms with Crippen LogP contribution in [0, 0.1) is 0 Å². The standard InChI is InChI=1S/C17H20N2O2/c1-19(12-15-5-3-2-4-6-15)17(20)13-21-16-9-7-14(11-18)8-10-16/h2-10H,11-13,18H2,1H3. The molecule has 0 saturated heterocycles. The minimum atomic E-state index is -0.0539. The molecule has 1 amide bonds. The summed E-state index contributed by atoms with van der Waals surface area (Å²) >= 11 is 0. The van der Waals surface area contributed by atoms with Gasteiger partial charge in [0.05, 0.1) is 0 Å². The Balaban J connectivity index is 1.83. The molecule has 2 aromatic rings.